The van der Waals surface area contributed by atoms with Gasteiger partial charge in [-0.1, -0.05) is 25.1 Å². The maximum atomic E-state index is 12.1. The molecule has 1 N–H and O–H groups in total. The minimum absolute atomic E-state index is 0.160. The Kier molecular flexibility index (Phi) is 4.99. The van der Waals surface area contributed by atoms with Crippen molar-refractivity contribution in [3.05, 3.63) is 48.2 Å². The van der Waals surface area contributed by atoms with Gasteiger partial charge in [0.25, 0.3) is 5.91 Å². The third-order valence-corrected chi connectivity index (χ3v) is 3.38. The van der Waals surface area contributed by atoms with E-state index in [0.29, 0.717) is 0 Å². The summed E-state index contributed by atoms with van der Waals surface area (Å²) in [5.41, 5.74) is 1.09. The number of nitrogens with one attached hydrogen (secondary N) is 1. The van der Waals surface area contributed by atoms with Crippen molar-refractivity contribution < 1.29 is 14.3 Å². The van der Waals surface area contributed by atoms with Crippen molar-refractivity contribution in [3.8, 4) is 5.75 Å². The van der Waals surface area contributed by atoms with Crippen molar-refractivity contribution in [2.24, 2.45) is 0 Å². The molecule has 2 rings (SSSR count). The first-order valence-corrected chi connectivity index (χ1v) is 7.27. The van der Waals surface area contributed by atoms with Crippen LogP contribution in [0.15, 0.2) is 42.6 Å². The van der Waals surface area contributed by atoms with Crippen LogP contribution < -0.4 is 10.1 Å². The molecule has 0 aromatic heterocycles. The predicted molar refractivity (Wildman–Crippen MR) is 85.2 cm³/mol. The maximum Gasteiger partial charge on any atom is 0.329 e. The lowest BCUT2D eigenvalue weighted by atomic mass is 10.2. The van der Waals surface area contributed by atoms with Crippen LogP contribution in [0, 0.1) is 0 Å². The van der Waals surface area contributed by atoms with Gasteiger partial charge in [-0.2, -0.15) is 0 Å². The zero-order valence-electron chi connectivity index (χ0n) is 12.8. The highest BCUT2D eigenvalue weighted by Crippen LogP contribution is 2.18. The number of imide groups is 1. The Labute approximate surface area is 130 Å². The number of ether oxygens (including phenoxy) is 1. The highest BCUT2D eigenvalue weighted by molar-refractivity contribution is 6.14. The molecule has 3 amide bonds. The smallest absolute Gasteiger partial charge is 0.329 e. The molecule has 5 heteroatoms. The van der Waals surface area contributed by atoms with Gasteiger partial charge in [-0.15, -0.1) is 6.58 Å². The Morgan fingerprint density at radius 3 is 2.59 bits per heavy atom. The topological polar surface area (TPSA) is 58.6 Å². The molecule has 0 aliphatic carbocycles. The third kappa shape index (κ3) is 3.55. The minimum atomic E-state index is -0.423. The molecular formula is C17H20N2O3. The van der Waals surface area contributed by atoms with E-state index in [2.05, 4.69) is 18.8 Å². The first kappa shape index (κ1) is 15.8. The highest BCUT2D eigenvalue weighted by atomic mass is 16.5. The summed E-state index contributed by atoms with van der Waals surface area (Å²) in [7, 11) is 0. The van der Waals surface area contributed by atoms with Gasteiger partial charge in [-0.25, -0.2) is 4.79 Å². The highest BCUT2D eigenvalue weighted by Gasteiger charge is 2.32. The molecule has 1 aromatic carbocycles. The fourth-order valence-electron chi connectivity index (χ4n) is 1.99. The molecule has 1 atom stereocenters. The Hall–Kier alpha value is -2.56. The summed E-state index contributed by atoms with van der Waals surface area (Å²) in [4.78, 5) is 24.8. The number of benzene rings is 1. The van der Waals surface area contributed by atoms with Crippen LogP contribution in [0.25, 0.3) is 6.08 Å². The number of nitrogens with zero attached hydrogens (tertiary/aromatic N) is 1. The monoisotopic (exact) mass is 300 g/mol. The van der Waals surface area contributed by atoms with Gasteiger partial charge in [0.05, 0.1) is 6.10 Å². The summed E-state index contributed by atoms with van der Waals surface area (Å²) >= 11 is 0. The number of amides is 3. The van der Waals surface area contributed by atoms with E-state index in [4.69, 9.17) is 4.74 Å². The van der Waals surface area contributed by atoms with E-state index in [1.165, 1.54) is 6.08 Å². The summed E-state index contributed by atoms with van der Waals surface area (Å²) in [5, 5.41) is 2.56. The second-order valence-corrected chi connectivity index (χ2v) is 5.10. The molecule has 1 aliphatic heterocycles. The molecule has 1 fully saturated rings. The SMILES string of the molecule is C=CCN1C(=O)N/C(=C/c2ccc(O[C@@H](C)CC)cc2)C1=O. The van der Waals surface area contributed by atoms with Crippen molar-refractivity contribution in [1.29, 1.82) is 0 Å². The molecule has 1 aliphatic rings. The zero-order valence-corrected chi connectivity index (χ0v) is 12.8. The number of hydrogen-bond donors (Lipinski definition) is 1. The van der Waals surface area contributed by atoms with Gasteiger partial charge in [0, 0.05) is 6.54 Å². The van der Waals surface area contributed by atoms with Crippen LogP contribution in [0.2, 0.25) is 0 Å². The lowest BCUT2D eigenvalue weighted by molar-refractivity contribution is -0.122. The second kappa shape index (κ2) is 6.93. The second-order valence-electron chi connectivity index (χ2n) is 5.10. The average Bonchev–Trinajstić information content (AvgIpc) is 2.77. The molecule has 22 heavy (non-hydrogen) atoms. The molecule has 0 unspecified atom stereocenters. The van der Waals surface area contributed by atoms with Crippen molar-refractivity contribution in [1.82, 2.24) is 10.2 Å². The van der Waals surface area contributed by atoms with Crippen LogP contribution in [0.3, 0.4) is 0 Å². The summed E-state index contributed by atoms with van der Waals surface area (Å²) in [6, 6.07) is 6.97. The minimum Gasteiger partial charge on any atom is -0.491 e. The van der Waals surface area contributed by atoms with Gasteiger partial charge in [-0.05, 0) is 37.1 Å². The first-order valence-electron chi connectivity index (χ1n) is 7.27. The van der Waals surface area contributed by atoms with Gasteiger partial charge < -0.3 is 10.1 Å². The Morgan fingerprint density at radius 2 is 2.00 bits per heavy atom. The Bertz CT molecular complexity index is 605. The number of carbonyl (C=O) groups excluding carboxylic acids is 2. The fourth-order valence-corrected chi connectivity index (χ4v) is 1.99. The van der Waals surface area contributed by atoms with Crippen molar-refractivity contribution in [2.75, 3.05) is 6.54 Å². The van der Waals surface area contributed by atoms with Crippen LogP contribution in [-0.2, 0) is 4.79 Å². The standard InChI is InChI=1S/C17H20N2O3/c1-4-10-19-16(20)15(18-17(19)21)11-13-6-8-14(9-7-13)22-12(3)5-2/h4,6-9,11-12H,1,5,10H2,2-3H3,(H,18,21)/b15-11+/t12-/m0/s1. The van der Waals surface area contributed by atoms with Crippen LogP contribution in [0.5, 0.6) is 5.75 Å². The Morgan fingerprint density at radius 1 is 1.32 bits per heavy atom. The molecular weight excluding hydrogens is 280 g/mol. The van der Waals surface area contributed by atoms with Gasteiger partial charge in [-0.3, -0.25) is 9.69 Å². The third-order valence-electron chi connectivity index (χ3n) is 3.38. The van der Waals surface area contributed by atoms with Gasteiger partial charge >= 0.3 is 6.03 Å². The molecule has 0 spiro atoms. The van der Waals surface area contributed by atoms with E-state index >= 15 is 0 Å². The molecule has 0 radical (unpaired) electrons. The lowest BCUT2D eigenvalue weighted by Crippen LogP contribution is -2.30. The summed E-state index contributed by atoms with van der Waals surface area (Å²) in [5.74, 6) is 0.441. The molecule has 1 saturated heterocycles. The lowest BCUT2D eigenvalue weighted by Gasteiger charge is -2.12. The number of carbonyl (C=O) groups is 2. The van der Waals surface area contributed by atoms with E-state index in [-0.39, 0.29) is 24.3 Å². The van der Waals surface area contributed by atoms with E-state index < -0.39 is 6.03 Å². The summed E-state index contributed by atoms with van der Waals surface area (Å²) in [6.45, 7) is 7.81. The molecule has 116 valence electrons. The predicted octanol–water partition coefficient (Wildman–Crippen LogP) is 2.94. The quantitative estimate of drug-likeness (QED) is 0.499. The van der Waals surface area contributed by atoms with Crippen molar-refractivity contribution in [2.45, 2.75) is 26.4 Å². The molecule has 1 heterocycles. The average molecular weight is 300 g/mol. The summed E-state index contributed by atoms with van der Waals surface area (Å²) in [6.07, 6.45) is 4.26. The van der Waals surface area contributed by atoms with Gasteiger partial charge in [0.15, 0.2) is 0 Å². The zero-order chi connectivity index (χ0) is 16.1. The first-order chi connectivity index (χ1) is 10.5. The molecule has 0 saturated carbocycles. The van der Waals surface area contributed by atoms with Crippen molar-refractivity contribution in [3.63, 3.8) is 0 Å². The van der Waals surface area contributed by atoms with Crippen molar-refractivity contribution >= 4 is 18.0 Å². The number of urea groups is 1. The molecule has 5 nitrogen and oxygen atoms in total. The van der Waals surface area contributed by atoms with Crippen LogP contribution >= 0.6 is 0 Å². The fraction of sp³-hybridized carbons (Fsp3) is 0.294. The van der Waals surface area contributed by atoms with Crippen LogP contribution in [0.1, 0.15) is 25.8 Å². The molecule has 0 bridgehead atoms. The maximum absolute atomic E-state index is 12.1. The normalized spacial score (nSPS) is 17.5. The number of rotatable bonds is 6. The largest absolute Gasteiger partial charge is 0.491 e. The van der Waals surface area contributed by atoms with Gasteiger partial charge in [0.1, 0.15) is 11.4 Å². The summed E-state index contributed by atoms with van der Waals surface area (Å²) < 4.78 is 5.70. The van der Waals surface area contributed by atoms with Crippen LogP contribution in [-0.4, -0.2) is 29.5 Å². The van der Waals surface area contributed by atoms with Gasteiger partial charge in [0.2, 0.25) is 0 Å². The van der Waals surface area contributed by atoms with E-state index in [9.17, 15) is 9.59 Å². The van der Waals surface area contributed by atoms with E-state index in [1.54, 1.807) is 6.08 Å². The number of hydrogen-bond acceptors (Lipinski definition) is 3. The van der Waals surface area contributed by atoms with Crippen LogP contribution in [0.4, 0.5) is 4.79 Å². The molecule has 1 aromatic rings. The Balaban J connectivity index is 2.11. The van der Waals surface area contributed by atoms with E-state index in [1.807, 2.05) is 31.2 Å². The van der Waals surface area contributed by atoms with E-state index in [0.717, 1.165) is 22.6 Å².